The van der Waals surface area contributed by atoms with Crippen molar-refractivity contribution in [3.63, 3.8) is 0 Å². The molecule has 0 aromatic carbocycles. The molecule has 1 aliphatic heterocycles. The molecule has 0 saturated carbocycles. The standard InChI is InChI=1S/C20H29N3O2S2/c1-5-7-23-19(25)16-9-15(6-2)27-18(16)21-20(23)26-12-17(24)22-10-13(3)8-14(4)11-22/h9,13-14H,5-8,10-12H2,1-4H3/t13-,14+. The fourth-order valence-corrected chi connectivity index (χ4v) is 5.77. The van der Waals surface area contributed by atoms with Crippen LogP contribution in [0.25, 0.3) is 10.2 Å². The van der Waals surface area contributed by atoms with Crippen LogP contribution in [0.5, 0.6) is 0 Å². The Morgan fingerprint density at radius 1 is 1.30 bits per heavy atom. The van der Waals surface area contributed by atoms with Crippen LogP contribution in [0.4, 0.5) is 0 Å². The van der Waals surface area contributed by atoms with Crippen molar-refractivity contribution in [1.29, 1.82) is 0 Å². The lowest BCUT2D eigenvalue weighted by molar-refractivity contribution is -0.130. The van der Waals surface area contributed by atoms with E-state index in [1.54, 1.807) is 15.9 Å². The highest BCUT2D eigenvalue weighted by atomic mass is 32.2. The van der Waals surface area contributed by atoms with Crippen molar-refractivity contribution in [3.8, 4) is 0 Å². The lowest BCUT2D eigenvalue weighted by atomic mass is 9.92. The molecule has 0 bridgehead atoms. The minimum absolute atomic E-state index is 0.0213. The van der Waals surface area contributed by atoms with Crippen molar-refractivity contribution in [3.05, 3.63) is 21.3 Å². The molecule has 1 aliphatic rings. The first-order valence-corrected chi connectivity index (χ1v) is 11.7. The molecule has 5 nitrogen and oxygen atoms in total. The number of rotatable bonds is 6. The summed E-state index contributed by atoms with van der Waals surface area (Å²) >= 11 is 2.99. The van der Waals surface area contributed by atoms with Crippen molar-refractivity contribution in [1.82, 2.24) is 14.5 Å². The molecule has 2 atom stereocenters. The molecule has 1 saturated heterocycles. The van der Waals surface area contributed by atoms with Gasteiger partial charge in [0.05, 0.1) is 11.1 Å². The SMILES string of the molecule is CCCn1c(SCC(=O)N2C[C@H](C)C[C@H](C)C2)nc2sc(CC)cc2c1=O. The van der Waals surface area contributed by atoms with Gasteiger partial charge in [-0.25, -0.2) is 4.98 Å². The van der Waals surface area contributed by atoms with Gasteiger partial charge in [-0.2, -0.15) is 0 Å². The number of likely N-dealkylation sites (tertiary alicyclic amines) is 1. The molecule has 0 spiro atoms. The molecule has 2 aromatic rings. The number of amides is 1. The molecule has 1 amide bonds. The average Bonchev–Trinajstić information content (AvgIpc) is 3.05. The summed E-state index contributed by atoms with van der Waals surface area (Å²) in [4.78, 5) is 34.3. The van der Waals surface area contributed by atoms with Crippen LogP contribution in [0, 0.1) is 11.8 Å². The summed E-state index contributed by atoms with van der Waals surface area (Å²) in [5.74, 6) is 1.59. The highest BCUT2D eigenvalue weighted by Gasteiger charge is 2.25. The number of thiophene rings is 1. The molecule has 0 unspecified atom stereocenters. The van der Waals surface area contributed by atoms with Crippen LogP contribution >= 0.6 is 23.1 Å². The Morgan fingerprint density at radius 2 is 2.00 bits per heavy atom. The summed E-state index contributed by atoms with van der Waals surface area (Å²) in [5.41, 5.74) is 0.0213. The average molecular weight is 408 g/mol. The van der Waals surface area contributed by atoms with E-state index in [0.717, 1.165) is 30.8 Å². The van der Waals surface area contributed by atoms with Crippen LogP contribution in [0.3, 0.4) is 0 Å². The minimum atomic E-state index is 0.0213. The number of aryl methyl sites for hydroxylation is 1. The van der Waals surface area contributed by atoms with E-state index >= 15 is 0 Å². The monoisotopic (exact) mass is 407 g/mol. The molecule has 3 rings (SSSR count). The summed E-state index contributed by atoms with van der Waals surface area (Å²) in [6.07, 6.45) is 2.95. The van der Waals surface area contributed by atoms with Crippen molar-refractivity contribution >= 4 is 39.2 Å². The number of carbonyl (C=O) groups is 1. The molecular formula is C20H29N3O2S2. The van der Waals surface area contributed by atoms with E-state index in [4.69, 9.17) is 4.98 Å². The smallest absolute Gasteiger partial charge is 0.262 e. The predicted octanol–water partition coefficient (Wildman–Crippen LogP) is 4.03. The first-order valence-electron chi connectivity index (χ1n) is 9.86. The van der Waals surface area contributed by atoms with E-state index in [-0.39, 0.29) is 11.5 Å². The van der Waals surface area contributed by atoms with Gasteiger partial charge in [0.15, 0.2) is 5.16 Å². The van der Waals surface area contributed by atoms with Crippen molar-refractivity contribution < 1.29 is 4.79 Å². The number of thioether (sulfide) groups is 1. The molecule has 2 aromatic heterocycles. The Labute approximate surface area is 169 Å². The second-order valence-corrected chi connectivity index (χ2v) is 9.73. The maximum Gasteiger partial charge on any atom is 0.262 e. The van der Waals surface area contributed by atoms with E-state index in [1.807, 2.05) is 11.0 Å². The Kier molecular flexibility index (Phi) is 6.63. The first kappa shape index (κ1) is 20.4. The number of aromatic nitrogens is 2. The number of nitrogens with zero attached hydrogens (tertiary/aromatic N) is 3. The van der Waals surface area contributed by atoms with Gasteiger partial charge >= 0.3 is 0 Å². The van der Waals surface area contributed by atoms with E-state index in [0.29, 0.717) is 34.7 Å². The number of hydrogen-bond acceptors (Lipinski definition) is 5. The third kappa shape index (κ3) is 4.57. The first-order chi connectivity index (χ1) is 12.9. The van der Waals surface area contributed by atoms with Crippen LogP contribution in [-0.2, 0) is 17.8 Å². The van der Waals surface area contributed by atoms with E-state index in [2.05, 4.69) is 27.7 Å². The predicted molar refractivity (Wildman–Crippen MR) is 114 cm³/mol. The third-order valence-electron chi connectivity index (χ3n) is 5.01. The van der Waals surface area contributed by atoms with Gasteiger partial charge in [0.2, 0.25) is 5.91 Å². The van der Waals surface area contributed by atoms with Gasteiger partial charge in [0.25, 0.3) is 5.56 Å². The summed E-state index contributed by atoms with van der Waals surface area (Å²) in [6, 6.07) is 1.97. The highest BCUT2D eigenvalue weighted by Crippen LogP contribution is 2.26. The van der Waals surface area contributed by atoms with Gasteiger partial charge in [-0.15, -0.1) is 11.3 Å². The van der Waals surface area contributed by atoms with Gasteiger partial charge in [-0.05, 0) is 37.2 Å². The minimum Gasteiger partial charge on any atom is -0.341 e. The Morgan fingerprint density at radius 3 is 2.63 bits per heavy atom. The van der Waals surface area contributed by atoms with Crippen molar-refractivity contribution in [2.75, 3.05) is 18.8 Å². The van der Waals surface area contributed by atoms with E-state index in [1.165, 1.54) is 23.1 Å². The second-order valence-electron chi connectivity index (χ2n) is 7.67. The quantitative estimate of drug-likeness (QED) is 0.536. The molecule has 0 aliphatic carbocycles. The Balaban J connectivity index is 1.82. The van der Waals surface area contributed by atoms with Crippen LogP contribution in [0.15, 0.2) is 16.0 Å². The zero-order valence-corrected chi connectivity index (χ0v) is 18.3. The number of carbonyl (C=O) groups excluding carboxylic acids is 1. The molecule has 1 fully saturated rings. The van der Waals surface area contributed by atoms with Crippen molar-refractivity contribution in [2.45, 2.75) is 58.7 Å². The lowest BCUT2D eigenvalue weighted by Gasteiger charge is -2.35. The molecule has 7 heteroatoms. The zero-order valence-electron chi connectivity index (χ0n) is 16.7. The normalized spacial score (nSPS) is 20.4. The maximum atomic E-state index is 12.9. The van der Waals surface area contributed by atoms with Gasteiger partial charge in [-0.3, -0.25) is 14.2 Å². The molecule has 148 valence electrons. The summed E-state index contributed by atoms with van der Waals surface area (Å²) < 4.78 is 1.74. The Bertz CT molecular complexity index is 864. The molecule has 0 N–H and O–H groups in total. The number of piperidine rings is 1. The number of fused-ring (bicyclic) bond motifs is 1. The topological polar surface area (TPSA) is 55.2 Å². The van der Waals surface area contributed by atoms with Crippen LogP contribution in [0.2, 0.25) is 0 Å². The highest BCUT2D eigenvalue weighted by molar-refractivity contribution is 7.99. The Hall–Kier alpha value is -1.34. The lowest BCUT2D eigenvalue weighted by Crippen LogP contribution is -2.43. The molecule has 3 heterocycles. The van der Waals surface area contributed by atoms with E-state index in [9.17, 15) is 9.59 Å². The zero-order chi connectivity index (χ0) is 19.6. The fraction of sp³-hybridized carbons (Fsp3) is 0.650. The summed E-state index contributed by atoms with van der Waals surface area (Å²) in [7, 11) is 0. The van der Waals surface area contributed by atoms with Crippen molar-refractivity contribution in [2.24, 2.45) is 11.8 Å². The maximum absolute atomic E-state index is 12.9. The summed E-state index contributed by atoms with van der Waals surface area (Å²) in [5, 5.41) is 1.38. The van der Waals surface area contributed by atoms with Crippen LogP contribution in [-0.4, -0.2) is 39.2 Å². The van der Waals surface area contributed by atoms with Gasteiger partial charge in [0.1, 0.15) is 4.83 Å². The fourth-order valence-electron chi connectivity index (χ4n) is 3.84. The van der Waals surface area contributed by atoms with Crippen LogP contribution in [0.1, 0.15) is 45.4 Å². The molecule has 27 heavy (non-hydrogen) atoms. The molecular weight excluding hydrogens is 378 g/mol. The molecule has 0 radical (unpaired) electrons. The largest absolute Gasteiger partial charge is 0.341 e. The van der Waals surface area contributed by atoms with Gasteiger partial charge in [0, 0.05) is 24.5 Å². The van der Waals surface area contributed by atoms with Gasteiger partial charge in [-0.1, -0.05) is 39.5 Å². The van der Waals surface area contributed by atoms with E-state index < -0.39 is 0 Å². The summed E-state index contributed by atoms with van der Waals surface area (Å²) in [6.45, 7) is 10.9. The third-order valence-corrected chi connectivity index (χ3v) is 7.14. The van der Waals surface area contributed by atoms with Crippen LogP contribution < -0.4 is 5.56 Å². The van der Waals surface area contributed by atoms with Gasteiger partial charge < -0.3 is 4.90 Å². The number of hydrogen-bond donors (Lipinski definition) is 0. The second kappa shape index (κ2) is 8.78.